The average molecular weight is 469 g/mol. The molecular formula is C27H37FN4O2. The van der Waals surface area contributed by atoms with Gasteiger partial charge in [-0.2, -0.15) is 0 Å². The van der Waals surface area contributed by atoms with E-state index in [-0.39, 0.29) is 17.9 Å². The first-order valence-corrected chi connectivity index (χ1v) is 12.9. The zero-order valence-electron chi connectivity index (χ0n) is 20.0. The van der Waals surface area contributed by atoms with Crippen LogP contribution < -0.4 is 16.0 Å². The Morgan fingerprint density at radius 3 is 2.50 bits per heavy atom. The van der Waals surface area contributed by atoms with E-state index < -0.39 is 6.67 Å². The molecule has 4 fully saturated rings. The summed E-state index contributed by atoms with van der Waals surface area (Å²) in [7, 11) is 0. The summed E-state index contributed by atoms with van der Waals surface area (Å²) in [5, 5.41) is 10.8. The summed E-state index contributed by atoms with van der Waals surface area (Å²) in [6.07, 6.45) is 8.60. The van der Waals surface area contributed by atoms with E-state index in [0.717, 1.165) is 53.3 Å². The molecule has 34 heavy (non-hydrogen) atoms. The van der Waals surface area contributed by atoms with Crippen LogP contribution in [0.1, 0.15) is 44.9 Å². The Balaban J connectivity index is 1.14. The van der Waals surface area contributed by atoms with Crippen molar-refractivity contribution in [1.82, 2.24) is 10.3 Å². The predicted molar refractivity (Wildman–Crippen MR) is 134 cm³/mol. The molecule has 1 amide bonds. The van der Waals surface area contributed by atoms with E-state index >= 15 is 0 Å². The van der Waals surface area contributed by atoms with Gasteiger partial charge in [0.05, 0.1) is 24.4 Å². The molecule has 0 radical (unpaired) electrons. The summed E-state index contributed by atoms with van der Waals surface area (Å²) >= 11 is 0. The van der Waals surface area contributed by atoms with Gasteiger partial charge in [-0.1, -0.05) is 6.07 Å². The number of aromatic nitrogens is 1. The van der Waals surface area contributed by atoms with Gasteiger partial charge in [0.25, 0.3) is 0 Å². The van der Waals surface area contributed by atoms with Crippen LogP contribution in [0.4, 0.5) is 15.9 Å². The van der Waals surface area contributed by atoms with Gasteiger partial charge in [-0.3, -0.25) is 4.79 Å². The second-order valence-corrected chi connectivity index (χ2v) is 10.7. The number of hydrogen-bond acceptors (Lipinski definition) is 5. The number of anilines is 2. The number of halogens is 1. The number of rotatable bonds is 12. The van der Waals surface area contributed by atoms with Crippen LogP contribution in [0.25, 0.3) is 10.9 Å². The number of carbonyl (C=O) groups excluding carboxylic acids is 1. The lowest BCUT2D eigenvalue weighted by Gasteiger charge is -2.56. The van der Waals surface area contributed by atoms with Gasteiger partial charge in [0.2, 0.25) is 5.91 Å². The van der Waals surface area contributed by atoms with E-state index in [2.05, 4.69) is 16.0 Å². The topological polar surface area (TPSA) is 75.3 Å². The molecule has 4 aliphatic carbocycles. The second kappa shape index (κ2) is 10.6. The van der Waals surface area contributed by atoms with E-state index in [1.165, 1.54) is 38.5 Å². The summed E-state index contributed by atoms with van der Waals surface area (Å²) in [5.41, 5.74) is 1.96. The fraction of sp³-hybridized carbons (Fsp3) is 0.630. The maximum absolute atomic E-state index is 13.1. The highest BCUT2D eigenvalue weighted by atomic mass is 19.1. The third kappa shape index (κ3) is 5.52. The number of alkyl halides is 1. The molecule has 1 heterocycles. The third-order valence-electron chi connectivity index (χ3n) is 7.96. The number of nitrogens with one attached hydrogen (secondary N) is 3. The summed E-state index contributed by atoms with van der Waals surface area (Å²) in [6, 6.07) is 9.91. The average Bonchev–Trinajstić information content (AvgIpc) is 2.79. The Bertz CT molecular complexity index is 962. The Morgan fingerprint density at radius 1 is 1.00 bits per heavy atom. The molecule has 6 nitrogen and oxygen atoms in total. The van der Waals surface area contributed by atoms with E-state index in [1.54, 1.807) is 0 Å². The third-order valence-corrected chi connectivity index (χ3v) is 7.96. The lowest BCUT2D eigenvalue weighted by atomic mass is 9.49. The molecule has 7 heteroatoms. The lowest BCUT2D eigenvalue weighted by molar-refractivity contribution is -0.124. The molecule has 4 bridgehead atoms. The van der Waals surface area contributed by atoms with Crippen LogP contribution in [0.5, 0.6) is 0 Å². The molecule has 2 aromatic rings. The molecule has 1 aromatic heterocycles. The number of pyridine rings is 1. The smallest absolute Gasteiger partial charge is 0.224 e. The molecule has 184 valence electrons. The van der Waals surface area contributed by atoms with Crippen LogP contribution >= 0.6 is 0 Å². The Kier molecular flexibility index (Phi) is 7.30. The van der Waals surface area contributed by atoms with Crippen molar-refractivity contribution in [2.45, 2.75) is 44.9 Å². The largest absolute Gasteiger partial charge is 0.377 e. The van der Waals surface area contributed by atoms with Crippen LogP contribution in [0, 0.1) is 23.2 Å². The molecule has 3 N–H and O–H groups in total. The lowest BCUT2D eigenvalue weighted by Crippen LogP contribution is -2.47. The van der Waals surface area contributed by atoms with Crippen LogP contribution in [0.2, 0.25) is 0 Å². The van der Waals surface area contributed by atoms with Gasteiger partial charge in [-0.25, -0.2) is 9.37 Å². The SMILES string of the molecule is O=C(CC12CC3CC(CC(C3)C1)C2)Nc1cccc2nc(NCCNCCOCCF)ccc12. The van der Waals surface area contributed by atoms with Crippen molar-refractivity contribution in [1.29, 1.82) is 0 Å². The maximum Gasteiger partial charge on any atom is 0.224 e. The van der Waals surface area contributed by atoms with E-state index in [4.69, 9.17) is 9.72 Å². The standard InChI is InChI=1S/C27H37FN4O2/c28-6-10-34-11-9-29-7-8-30-25-5-4-22-23(31-25)2-1-3-24(22)32-26(33)18-27-15-19-12-20(16-27)14-21(13-19)17-27/h1-5,19-21,29H,6-18H2,(H,30,31)(H,32,33). The molecular weight excluding hydrogens is 431 g/mol. The number of benzene rings is 1. The Labute approximate surface area is 201 Å². The van der Waals surface area contributed by atoms with Gasteiger partial charge < -0.3 is 20.7 Å². The predicted octanol–water partition coefficient (Wildman–Crippen LogP) is 4.77. The monoisotopic (exact) mass is 468 g/mol. The first kappa shape index (κ1) is 23.5. The summed E-state index contributed by atoms with van der Waals surface area (Å²) < 4.78 is 17.1. The van der Waals surface area contributed by atoms with Gasteiger partial charge in [0.1, 0.15) is 12.5 Å². The molecule has 4 aliphatic rings. The number of carbonyl (C=O) groups is 1. The molecule has 0 spiro atoms. The quantitative estimate of drug-likeness (QED) is 0.392. The van der Waals surface area contributed by atoms with Crippen LogP contribution in [0.15, 0.2) is 30.3 Å². The highest BCUT2D eigenvalue weighted by molar-refractivity contribution is 6.01. The summed E-state index contributed by atoms with van der Waals surface area (Å²) in [5.74, 6) is 3.53. The first-order valence-electron chi connectivity index (χ1n) is 12.9. The minimum absolute atomic E-state index is 0.151. The summed E-state index contributed by atoms with van der Waals surface area (Å²) in [6.45, 7) is 2.41. The van der Waals surface area contributed by atoms with Crippen molar-refractivity contribution < 1.29 is 13.9 Å². The molecule has 0 unspecified atom stereocenters. The van der Waals surface area contributed by atoms with Crippen LogP contribution in [-0.2, 0) is 9.53 Å². The van der Waals surface area contributed by atoms with Crippen molar-refractivity contribution in [3.05, 3.63) is 30.3 Å². The van der Waals surface area contributed by atoms with Gasteiger partial charge in [-0.05, 0) is 86.0 Å². The van der Waals surface area contributed by atoms with Crippen molar-refractivity contribution in [2.75, 3.05) is 50.2 Å². The van der Waals surface area contributed by atoms with Crippen molar-refractivity contribution in [2.24, 2.45) is 23.2 Å². The summed E-state index contributed by atoms with van der Waals surface area (Å²) in [4.78, 5) is 17.8. The van der Waals surface area contributed by atoms with Crippen LogP contribution in [0.3, 0.4) is 0 Å². The van der Waals surface area contributed by atoms with Gasteiger partial charge in [0, 0.05) is 31.4 Å². The fourth-order valence-electron chi connectivity index (χ4n) is 7.11. The highest BCUT2D eigenvalue weighted by Gasteiger charge is 2.51. The van der Waals surface area contributed by atoms with E-state index in [0.29, 0.717) is 19.6 Å². The number of hydrogen-bond donors (Lipinski definition) is 3. The zero-order chi connectivity index (χ0) is 23.4. The Hall–Kier alpha value is -2.25. The van der Waals surface area contributed by atoms with Crippen molar-refractivity contribution >= 4 is 28.3 Å². The number of nitrogens with zero attached hydrogens (tertiary/aromatic N) is 1. The van der Waals surface area contributed by atoms with Gasteiger partial charge >= 0.3 is 0 Å². The van der Waals surface area contributed by atoms with Gasteiger partial charge in [-0.15, -0.1) is 0 Å². The Morgan fingerprint density at radius 2 is 1.76 bits per heavy atom. The highest BCUT2D eigenvalue weighted by Crippen LogP contribution is 2.61. The van der Waals surface area contributed by atoms with Crippen LogP contribution in [-0.4, -0.2) is 50.4 Å². The molecule has 0 aliphatic heterocycles. The second-order valence-electron chi connectivity index (χ2n) is 10.7. The fourth-order valence-corrected chi connectivity index (χ4v) is 7.11. The number of amides is 1. The molecule has 0 atom stereocenters. The number of ether oxygens (including phenoxy) is 1. The maximum atomic E-state index is 13.1. The van der Waals surface area contributed by atoms with Crippen molar-refractivity contribution in [3.8, 4) is 0 Å². The normalized spacial score (nSPS) is 27.3. The minimum Gasteiger partial charge on any atom is -0.377 e. The minimum atomic E-state index is -0.442. The van der Waals surface area contributed by atoms with E-state index in [9.17, 15) is 9.18 Å². The van der Waals surface area contributed by atoms with Gasteiger partial charge in [0.15, 0.2) is 0 Å². The molecule has 1 aromatic carbocycles. The van der Waals surface area contributed by atoms with Crippen molar-refractivity contribution in [3.63, 3.8) is 0 Å². The van der Waals surface area contributed by atoms with E-state index in [1.807, 2.05) is 30.3 Å². The molecule has 4 saturated carbocycles. The first-order chi connectivity index (χ1) is 16.6. The molecule has 6 rings (SSSR count). The molecule has 0 saturated heterocycles. The zero-order valence-corrected chi connectivity index (χ0v) is 20.0. The number of fused-ring (bicyclic) bond motifs is 1.